The maximum Gasteiger partial charge on any atom is 0.315 e. The molecule has 1 aliphatic heterocycles. The summed E-state index contributed by atoms with van der Waals surface area (Å²) in [6.07, 6.45) is 6.75. The summed E-state index contributed by atoms with van der Waals surface area (Å²) in [5.74, 6) is 1.61. The molecular formula is C22H27N7O. The van der Waals surface area contributed by atoms with E-state index in [4.69, 9.17) is 0 Å². The van der Waals surface area contributed by atoms with Gasteiger partial charge in [-0.1, -0.05) is 30.3 Å². The topological polar surface area (TPSA) is 89.7 Å². The molecular weight excluding hydrogens is 378 g/mol. The average Bonchev–Trinajstić information content (AvgIpc) is 3.33. The molecule has 5 rings (SSSR count). The molecule has 8 nitrogen and oxygen atoms in total. The first kappa shape index (κ1) is 18.8. The van der Waals surface area contributed by atoms with Crippen molar-refractivity contribution in [1.29, 1.82) is 0 Å². The van der Waals surface area contributed by atoms with Gasteiger partial charge in [0.15, 0.2) is 0 Å². The van der Waals surface area contributed by atoms with Gasteiger partial charge in [0.2, 0.25) is 0 Å². The van der Waals surface area contributed by atoms with Crippen LogP contribution < -0.4 is 10.6 Å². The van der Waals surface area contributed by atoms with E-state index in [1.165, 1.54) is 11.3 Å². The molecule has 3 heterocycles. The van der Waals surface area contributed by atoms with Crippen LogP contribution in [0, 0.1) is 6.92 Å². The molecule has 2 aliphatic rings. The van der Waals surface area contributed by atoms with E-state index in [1.807, 2.05) is 36.0 Å². The van der Waals surface area contributed by atoms with Crippen LogP contribution >= 0.6 is 0 Å². The molecule has 0 saturated carbocycles. The van der Waals surface area contributed by atoms with Crippen LogP contribution in [-0.2, 0) is 19.5 Å². The van der Waals surface area contributed by atoms with Gasteiger partial charge in [-0.15, -0.1) is 0 Å². The normalized spacial score (nSPS) is 20.3. The Balaban J connectivity index is 1.27. The van der Waals surface area contributed by atoms with Crippen molar-refractivity contribution in [1.82, 2.24) is 35.2 Å². The highest BCUT2D eigenvalue weighted by Gasteiger charge is 2.28. The number of amides is 2. The lowest BCUT2D eigenvalue weighted by molar-refractivity contribution is 0.227. The summed E-state index contributed by atoms with van der Waals surface area (Å²) in [5, 5.41) is 15.3. The van der Waals surface area contributed by atoms with Crippen LogP contribution in [0.1, 0.15) is 66.2 Å². The van der Waals surface area contributed by atoms with Gasteiger partial charge in [-0.3, -0.25) is 4.68 Å². The van der Waals surface area contributed by atoms with E-state index in [1.54, 1.807) is 0 Å². The fourth-order valence-electron chi connectivity index (χ4n) is 4.62. The molecule has 8 heteroatoms. The summed E-state index contributed by atoms with van der Waals surface area (Å²) >= 11 is 0. The molecule has 2 aromatic heterocycles. The molecule has 0 saturated heterocycles. The Morgan fingerprint density at radius 1 is 1.13 bits per heavy atom. The molecule has 0 bridgehead atoms. The first-order valence-corrected chi connectivity index (χ1v) is 10.7. The largest absolute Gasteiger partial charge is 0.331 e. The van der Waals surface area contributed by atoms with Crippen molar-refractivity contribution in [2.24, 2.45) is 0 Å². The molecule has 0 radical (unpaired) electrons. The van der Waals surface area contributed by atoms with E-state index in [2.05, 4.69) is 42.6 Å². The van der Waals surface area contributed by atoms with E-state index >= 15 is 0 Å². The summed E-state index contributed by atoms with van der Waals surface area (Å²) in [5.41, 5.74) is 3.59. The molecule has 2 N–H and O–H groups in total. The van der Waals surface area contributed by atoms with Crippen molar-refractivity contribution in [3.05, 3.63) is 65.0 Å². The summed E-state index contributed by atoms with van der Waals surface area (Å²) < 4.78 is 3.99. The summed E-state index contributed by atoms with van der Waals surface area (Å²) in [4.78, 5) is 17.3. The number of urea groups is 1. The zero-order chi connectivity index (χ0) is 20.5. The van der Waals surface area contributed by atoms with Crippen molar-refractivity contribution in [3.8, 4) is 0 Å². The van der Waals surface area contributed by atoms with Crippen LogP contribution in [0.5, 0.6) is 0 Å². The Morgan fingerprint density at radius 2 is 1.93 bits per heavy atom. The number of nitrogens with one attached hydrogen (secondary N) is 2. The number of carbonyl (C=O) groups excluding carboxylic acids is 1. The maximum atomic E-state index is 12.8. The summed E-state index contributed by atoms with van der Waals surface area (Å²) in [6, 6.07) is 10.1. The smallest absolute Gasteiger partial charge is 0.315 e. The van der Waals surface area contributed by atoms with E-state index < -0.39 is 0 Å². The van der Waals surface area contributed by atoms with Gasteiger partial charge in [-0.2, -0.15) is 10.2 Å². The van der Waals surface area contributed by atoms with Gasteiger partial charge in [-0.05, 0) is 44.6 Å². The van der Waals surface area contributed by atoms with Gasteiger partial charge < -0.3 is 10.6 Å². The lowest BCUT2D eigenvalue weighted by Crippen LogP contribution is -2.42. The zero-order valence-electron chi connectivity index (χ0n) is 17.2. The maximum absolute atomic E-state index is 12.8. The third kappa shape index (κ3) is 3.69. The SMILES string of the molecule is Cc1nc2n(n1)CCCC2NC(=O)NC1CCCc2c1cnn2Cc1ccccc1. The first-order valence-electron chi connectivity index (χ1n) is 10.7. The number of aromatic nitrogens is 5. The van der Waals surface area contributed by atoms with Crippen molar-refractivity contribution < 1.29 is 4.79 Å². The number of nitrogens with zero attached hydrogens (tertiary/aromatic N) is 5. The standard InChI is InChI=1S/C22H27N7O/c1-15-24-21-19(10-6-12-28(21)27-15)26-22(30)25-18-9-5-11-20-17(18)13-23-29(20)14-16-7-3-2-4-8-16/h2-4,7-8,13,18-19H,5-6,9-12,14H2,1H3,(H2,25,26,30). The Hall–Kier alpha value is -3.16. The number of carbonyl (C=O) groups is 1. The van der Waals surface area contributed by atoms with Crippen molar-refractivity contribution in [3.63, 3.8) is 0 Å². The molecule has 2 atom stereocenters. The second-order valence-electron chi connectivity index (χ2n) is 8.19. The lowest BCUT2D eigenvalue weighted by Gasteiger charge is -2.27. The minimum Gasteiger partial charge on any atom is -0.331 e. The van der Waals surface area contributed by atoms with E-state index in [-0.39, 0.29) is 18.1 Å². The van der Waals surface area contributed by atoms with Crippen LogP contribution in [0.3, 0.4) is 0 Å². The molecule has 0 fully saturated rings. The van der Waals surface area contributed by atoms with Gasteiger partial charge in [0.25, 0.3) is 0 Å². The molecule has 1 aromatic carbocycles. The minimum atomic E-state index is -0.150. The molecule has 3 aromatic rings. The zero-order valence-corrected chi connectivity index (χ0v) is 17.2. The van der Waals surface area contributed by atoms with Gasteiger partial charge in [0.1, 0.15) is 11.6 Å². The summed E-state index contributed by atoms with van der Waals surface area (Å²) in [7, 11) is 0. The van der Waals surface area contributed by atoms with Crippen molar-refractivity contribution >= 4 is 6.03 Å². The van der Waals surface area contributed by atoms with Gasteiger partial charge in [0, 0.05) is 17.8 Å². The first-order chi connectivity index (χ1) is 14.7. The second kappa shape index (κ2) is 7.93. The minimum absolute atomic E-state index is 0.0125. The monoisotopic (exact) mass is 405 g/mol. The Kier molecular flexibility index (Phi) is 4.98. The van der Waals surface area contributed by atoms with Crippen LogP contribution in [0.4, 0.5) is 4.79 Å². The average molecular weight is 406 g/mol. The number of aryl methyl sites for hydroxylation is 2. The van der Waals surface area contributed by atoms with Crippen molar-refractivity contribution in [2.75, 3.05) is 0 Å². The fourth-order valence-corrected chi connectivity index (χ4v) is 4.62. The molecule has 2 amide bonds. The van der Waals surface area contributed by atoms with Crippen LogP contribution in [0.15, 0.2) is 36.5 Å². The van der Waals surface area contributed by atoms with Crippen molar-refractivity contribution in [2.45, 2.75) is 64.2 Å². The fraction of sp³-hybridized carbons (Fsp3) is 0.455. The number of fused-ring (bicyclic) bond motifs is 2. The third-order valence-corrected chi connectivity index (χ3v) is 6.03. The van der Waals surface area contributed by atoms with Gasteiger partial charge >= 0.3 is 6.03 Å². The quantitative estimate of drug-likeness (QED) is 0.698. The number of benzene rings is 1. The molecule has 30 heavy (non-hydrogen) atoms. The number of hydrogen-bond donors (Lipinski definition) is 2. The predicted octanol–water partition coefficient (Wildman–Crippen LogP) is 3.04. The highest BCUT2D eigenvalue weighted by molar-refractivity contribution is 5.75. The van der Waals surface area contributed by atoms with E-state index in [0.717, 1.165) is 62.4 Å². The highest BCUT2D eigenvalue weighted by Crippen LogP contribution is 2.30. The van der Waals surface area contributed by atoms with Crippen LogP contribution in [-0.4, -0.2) is 30.6 Å². The van der Waals surface area contributed by atoms with Crippen LogP contribution in [0.25, 0.3) is 0 Å². The van der Waals surface area contributed by atoms with Gasteiger partial charge in [-0.25, -0.2) is 14.5 Å². The Bertz CT molecular complexity index is 1040. The molecule has 156 valence electrons. The lowest BCUT2D eigenvalue weighted by atomic mass is 9.93. The van der Waals surface area contributed by atoms with E-state index in [0.29, 0.717) is 0 Å². The van der Waals surface area contributed by atoms with Crippen LogP contribution in [0.2, 0.25) is 0 Å². The predicted molar refractivity (Wildman–Crippen MR) is 112 cm³/mol. The van der Waals surface area contributed by atoms with E-state index in [9.17, 15) is 4.79 Å². The number of rotatable bonds is 4. The Labute approximate surface area is 175 Å². The Morgan fingerprint density at radius 3 is 2.80 bits per heavy atom. The number of hydrogen-bond acceptors (Lipinski definition) is 4. The second-order valence-corrected chi connectivity index (χ2v) is 8.19. The molecule has 1 aliphatic carbocycles. The molecule has 2 unspecified atom stereocenters. The summed E-state index contributed by atoms with van der Waals surface area (Å²) in [6.45, 7) is 3.51. The molecule has 0 spiro atoms. The third-order valence-electron chi connectivity index (χ3n) is 6.03. The van der Waals surface area contributed by atoms with Gasteiger partial charge in [0.05, 0.1) is 24.8 Å². The highest BCUT2D eigenvalue weighted by atomic mass is 16.2.